The molecular weight excluding hydrogens is 237 g/mol. The maximum Gasteiger partial charge on any atom is 0.0995 e. The highest BCUT2D eigenvalue weighted by Crippen LogP contribution is 2.21. The van der Waals surface area contributed by atoms with Gasteiger partial charge in [0.2, 0.25) is 0 Å². The summed E-state index contributed by atoms with van der Waals surface area (Å²) in [6, 6.07) is 5.66. The Kier molecular flexibility index (Phi) is 3.13. The molecule has 0 bridgehead atoms. The Balaban J connectivity index is 3.36. The summed E-state index contributed by atoms with van der Waals surface area (Å²) < 4.78 is 0. The number of hydrogen-bond acceptors (Lipinski definition) is 1. The molecule has 1 aromatic rings. The molecule has 0 N–H and O–H groups in total. The third-order valence-electron chi connectivity index (χ3n) is 1.69. The normalized spacial score (nSPS) is 9.50. The summed E-state index contributed by atoms with van der Waals surface area (Å²) in [6.45, 7) is 1.95. The van der Waals surface area contributed by atoms with E-state index >= 15 is 0 Å². The van der Waals surface area contributed by atoms with Gasteiger partial charge in [-0.2, -0.15) is 5.26 Å². The lowest BCUT2D eigenvalue weighted by atomic mass is 10.0. The zero-order chi connectivity index (χ0) is 9.14. The van der Waals surface area contributed by atoms with Gasteiger partial charge in [-0.25, -0.2) is 0 Å². The van der Waals surface area contributed by atoms with Crippen molar-refractivity contribution in [3.05, 3.63) is 33.8 Å². The van der Waals surface area contributed by atoms with E-state index in [2.05, 4.69) is 22.0 Å². The maximum absolute atomic E-state index is 8.77. The number of halogens is 2. The fourth-order valence-corrected chi connectivity index (χ4v) is 2.07. The molecule has 0 heterocycles. The van der Waals surface area contributed by atoms with Gasteiger partial charge < -0.3 is 0 Å². The van der Waals surface area contributed by atoms with Gasteiger partial charge in [0.05, 0.1) is 11.6 Å². The predicted molar refractivity (Wildman–Crippen MR) is 53.5 cm³/mol. The average molecular weight is 245 g/mol. The van der Waals surface area contributed by atoms with Gasteiger partial charge in [-0.05, 0) is 30.2 Å². The molecule has 1 nitrogen and oxygen atoms in total. The quantitative estimate of drug-likeness (QED) is 0.695. The minimum atomic E-state index is 0.619. The highest BCUT2D eigenvalue weighted by atomic mass is 79.9. The topological polar surface area (TPSA) is 23.8 Å². The van der Waals surface area contributed by atoms with Crippen molar-refractivity contribution in [2.24, 2.45) is 0 Å². The van der Waals surface area contributed by atoms with Crippen LogP contribution in [0.25, 0.3) is 0 Å². The van der Waals surface area contributed by atoms with E-state index in [1.165, 1.54) is 0 Å². The summed E-state index contributed by atoms with van der Waals surface area (Å²) in [5.74, 6) is 0. The van der Waals surface area contributed by atoms with Crippen LogP contribution in [0.1, 0.15) is 16.7 Å². The molecule has 1 rings (SSSR count). The van der Waals surface area contributed by atoms with E-state index in [-0.39, 0.29) is 0 Å². The van der Waals surface area contributed by atoms with Crippen molar-refractivity contribution in [2.75, 3.05) is 0 Å². The standard InChI is InChI=1S/C9H7BrClN/c1-6-2-8(11)3-7(5-12)9(6)4-10/h2-3H,4H2,1H3. The molecule has 12 heavy (non-hydrogen) atoms. The van der Waals surface area contributed by atoms with Crippen LogP contribution in [-0.2, 0) is 5.33 Å². The van der Waals surface area contributed by atoms with Crippen molar-refractivity contribution in [3.63, 3.8) is 0 Å². The van der Waals surface area contributed by atoms with Crippen LogP contribution in [-0.4, -0.2) is 0 Å². The number of nitriles is 1. The van der Waals surface area contributed by atoms with Crippen LogP contribution in [0.3, 0.4) is 0 Å². The monoisotopic (exact) mass is 243 g/mol. The largest absolute Gasteiger partial charge is 0.192 e. The fourth-order valence-electron chi connectivity index (χ4n) is 1.05. The van der Waals surface area contributed by atoms with Gasteiger partial charge in [-0.15, -0.1) is 0 Å². The van der Waals surface area contributed by atoms with Gasteiger partial charge in [0.25, 0.3) is 0 Å². The van der Waals surface area contributed by atoms with E-state index in [1.54, 1.807) is 6.07 Å². The molecule has 0 saturated carbocycles. The summed E-state index contributed by atoms with van der Waals surface area (Å²) in [5.41, 5.74) is 2.72. The second-order valence-corrected chi connectivity index (χ2v) is 3.49. The van der Waals surface area contributed by atoms with Crippen LogP contribution in [0.15, 0.2) is 12.1 Å². The Labute approximate surface area is 85.1 Å². The van der Waals surface area contributed by atoms with E-state index in [4.69, 9.17) is 16.9 Å². The molecule has 0 aliphatic rings. The molecule has 0 amide bonds. The average Bonchev–Trinajstić information content (AvgIpc) is 2.03. The molecule has 0 radical (unpaired) electrons. The van der Waals surface area contributed by atoms with Gasteiger partial charge in [0.15, 0.2) is 0 Å². The Bertz CT molecular complexity index is 341. The third-order valence-corrected chi connectivity index (χ3v) is 2.47. The number of aryl methyl sites for hydroxylation is 1. The second kappa shape index (κ2) is 3.93. The van der Waals surface area contributed by atoms with Gasteiger partial charge in [0, 0.05) is 10.4 Å². The second-order valence-electron chi connectivity index (χ2n) is 2.49. The molecule has 0 fully saturated rings. The van der Waals surface area contributed by atoms with Crippen LogP contribution in [0.2, 0.25) is 5.02 Å². The van der Waals surface area contributed by atoms with Crippen molar-refractivity contribution >= 4 is 27.5 Å². The first-order valence-corrected chi connectivity index (χ1v) is 4.94. The summed E-state index contributed by atoms with van der Waals surface area (Å²) in [6.07, 6.45) is 0. The van der Waals surface area contributed by atoms with Gasteiger partial charge in [0.1, 0.15) is 0 Å². The van der Waals surface area contributed by atoms with Gasteiger partial charge >= 0.3 is 0 Å². The van der Waals surface area contributed by atoms with Crippen LogP contribution >= 0.6 is 27.5 Å². The molecule has 0 aromatic heterocycles. The van der Waals surface area contributed by atoms with Crippen molar-refractivity contribution in [1.29, 1.82) is 5.26 Å². The Morgan fingerprint density at radius 3 is 2.75 bits per heavy atom. The molecule has 1 aromatic carbocycles. The lowest BCUT2D eigenvalue weighted by molar-refractivity contribution is 1.29. The Morgan fingerprint density at radius 1 is 1.58 bits per heavy atom. The molecule has 0 unspecified atom stereocenters. The van der Waals surface area contributed by atoms with Crippen molar-refractivity contribution < 1.29 is 0 Å². The molecule has 0 aliphatic heterocycles. The minimum absolute atomic E-state index is 0.619. The molecule has 62 valence electrons. The van der Waals surface area contributed by atoms with E-state index in [0.29, 0.717) is 15.9 Å². The molecule has 0 atom stereocenters. The molecule has 3 heteroatoms. The minimum Gasteiger partial charge on any atom is -0.192 e. The Morgan fingerprint density at radius 2 is 2.25 bits per heavy atom. The summed E-state index contributed by atoms with van der Waals surface area (Å²) in [5, 5.41) is 10.1. The van der Waals surface area contributed by atoms with Crippen LogP contribution < -0.4 is 0 Å². The number of rotatable bonds is 1. The first-order valence-electron chi connectivity index (χ1n) is 3.44. The van der Waals surface area contributed by atoms with E-state index in [9.17, 15) is 0 Å². The maximum atomic E-state index is 8.77. The van der Waals surface area contributed by atoms with Crippen molar-refractivity contribution in [3.8, 4) is 6.07 Å². The molecule has 0 spiro atoms. The van der Waals surface area contributed by atoms with Crippen LogP contribution in [0.5, 0.6) is 0 Å². The SMILES string of the molecule is Cc1cc(Cl)cc(C#N)c1CBr. The molecule has 0 saturated heterocycles. The number of benzene rings is 1. The van der Waals surface area contributed by atoms with E-state index in [0.717, 1.165) is 11.1 Å². The van der Waals surface area contributed by atoms with E-state index in [1.807, 2.05) is 13.0 Å². The summed E-state index contributed by atoms with van der Waals surface area (Å²) in [7, 11) is 0. The Hall–Kier alpha value is -0.520. The van der Waals surface area contributed by atoms with Gasteiger partial charge in [-0.3, -0.25) is 0 Å². The highest BCUT2D eigenvalue weighted by Gasteiger charge is 2.05. The molecular formula is C9H7BrClN. The fraction of sp³-hybridized carbons (Fsp3) is 0.222. The van der Waals surface area contributed by atoms with Gasteiger partial charge in [-0.1, -0.05) is 27.5 Å². The predicted octanol–water partition coefficient (Wildman–Crippen LogP) is 3.42. The van der Waals surface area contributed by atoms with Crippen LogP contribution in [0.4, 0.5) is 0 Å². The number of hydrogen-bond donors (Lipinski definition) is 0. The third kappa shape index (κ3) is 1.80. The number of nitrogens with zero attached hydrogens (tertiary/aromatic N) is 1. The van der Waals surface area contributed by atoms with Crippen LogP contribution in [0, 0.1) is 18.3 Å². The highest BCUT2D eigenvalue weighted by molar-refractivity contribution is 9.08. The first kappa shape index (κ1) is 9.57. The smallest absolute Gasteiger partial charge is 0.0995 e. The number of alkyl halides is 1. The summed E-state index contributed by atoms with van der Waals surface area (Å²) in [4.78, 5) is 0. The first-order chi connectivity index (χ1) is 5.69. The van der Waals surface area contributed by atoms with E-state index < -0.39 is 0 Å². The zero-order valence-electron chi connectivity index (χ0n) is 6.56. The lowest BCUT2D eigenvalue weighted by Crippen LogP contribution is -1.90. The van der Waals surface area contributed by atoms with Crippen molar-refractivity contribution in [2.45, 2.75) is 12.3 Å². The molecule has 0 aliphatic carbocycles. The zero-order valence-corrected chi connectivity index (χ0v) is 8.91. The lowest BCUT2D eigenvalue weighted by Gasteiger charge is -2.04. The van der Waals surface area contributed by atoms with Crippen molar-refractivity contribution in [1.82, 2.24) is 0 Å². The summed E-state index contributed by atoms with van der Waals surface area (Å²) >= 11 is 9.12.